The van der Waals surface area contributed by atoms with Gasteiger partial charge in [-0.2, -0.15) is 0 Å². The molecular weight excluding hydrogens is 183 g/mol. The first-order valence-corrected chi connectivity index (χ1v) is 4.36. The van der Waals surface area contributed by atoms with Crippen LogP contribution in [0.25, 0.3) is 11.5 Å². The van der Waals surface area contributed by atoms with Crippen molar-refractivity contribution >= 4 is 0 Å². The van der Waals surface area contributed by atoms with Gasteiger partial charge in [0.15, 0.2) is 0 Å². The summed E-state index contributed by atoms with van der Waals surface area (Å²) in [5, 5.41) is 7.23. The van der Waals surface area contributed by atoms with Crippen LogP contribution in [0.1, 0.15) is 12.5 Å². The van der Waals surface area contributed by atoms with Gasteiger partial charge in [-0.15, -0.1) is 10.2 Å². The molecule has 0 radical (unpaired) electrons. The Morgan fingerprint density at radius 3 is 2.86 bits per heavy atom. The first-order valence-electron chi connectivity index (χ1n) is 4.36. The summed E-state index contributed by atoms with van der Waals surface area (Å²) < 4.78 is 18.3. The first-order chi connectivity index (χ1) is 6.81. The molecule has 0 aliphatic heterocycles. The lowest BCUT2D eigenvalue weighted by Crippen LogP contribution is -1.88. The molecule has 0 N–H and O–H groups in total. The van der Waals surface area contributed by atoms with Crippen molar-refractivity contribution < 1.29 is 8.81 Å². The quantitative estimate of drug-likeness (QED) is 0.733. The average Bonchev–Trinajstić information content (AvgIpc) is 2.70. The van der Waals surface area contributed by atoms with Gasteiger partial charge in [0.05, 0.1) is 0 Å². The summed E-state index contributed by atoms with van der Waals surface area (Å²) in [6.45, 7) is 1.91. The summed E-state index contributed by atoms with van der Waals surface area (Å²) in [6, 6.07) is 4.91. The lowest BCUT2D eigenvalue weighted by atomic mass is 10.1. The van der Waals surface area contributed by atoms with E-state index < -0.39 is 0 Å². The first kappa shape index (κ1) is 8.87. The Labute approximate surface area is 80.6 Å². The Morgan fingerprint density at radius 1 is 1.43 bits per heavy atom. The highest BCUT2D eigenvalue weighted by atomic mass is 19.1. The van der Waals surface area contributed by atoms with Gasteiger partial charge in [-0.25, -0.2) is 4.39 Å². The molecule has 0 saturated carbocycles. The Kier molecular flexibility index (Phi) is 2.26. The van der Waals surface area contributed by atoms with E-state index in [1.54, 1.807) is 12.1 Å². The number of aryl methyl sites for hydroxylation is 1. The maximum Gasteiger partial charge on any atom is 0.247 e. The molecule has 2 rings (SSSR count). The zero-order valence-electron chi connectivity index (χ0n) is 7.70. The number of hydrogen-bond acceptors (Lipinski definition) is 3. The monoisotopic (exact) mass is 192 g/mol. The predicted molar refractivity (Wildman–Crippen MR) is 49.1 cm³/mol. The third kappa shape index (κ3) is 1.51. The molecule has 1 aromatic heterocycles. The van der Waals surface area contributed by atoms with E-state index in [0.717, 1.165) is 0 Å². The van der Waals surface area contributed by atoms with Crippen molar-refractivity contribution in [2.45, 2.75) is 13.3 Å². The van der Waals surface area contributed by atoms with Gasteiger partial charge in [0.25, 0.3) is 0 Å². The number of halogens is 1. The molecule has 0 fully saturated rings. The minimum Gasteiger partial charge on any atom is -0.423 e. The summed E-state index contributed by atoms with van der Waals surface area (Å²) in [5.74, 6) is 0.106. The molecule has 72 valence electrons. The van der Waals surface area contributed by atoms with Crippen molar-refractivity contribution in [1.82, 2.24) is 10.2 Å². The normalized spacial score (nSPS) is 10.4. The molecule has 0 aliphatic carbocycles. The largest absolute Gasteiger partial charge is 0.423 e. The second kappa shape index (κ2) is 3.57. The fourth-order valence-corrected chi connectivity index (χ4v) is 1.27. The predicted octanol–water partition coefficient (Wildman–Crippen LogP) is 2.44. The lowest BCUT2D eigenvalue weighted by molar-refractivity contribution is 0.566. The fourth-order valence-electron chi connectivity index (χ4n) is 1.27. The summed E-state index contributed by atoms with van der Waals surface area (Å²) >= 11 is 0. The van der Waals surface area contributed by atoms with Crippen LogP contribution in [0.4, 0.5) is 4.39 Å². The SMILES string of the molecule is CCc1ccc(-c2nnco2)cc1F. The van der Waals surface area contributed by atoms with Crippen molar-refractivity contribution in [3.63, 3.8) is 0 Å². The molecule has 1 heterocycles. The van der Waals surface area contributed by atoms with E-state index >= 15 is 0 Å². The molecule has 0 bridgehead atoms. The van der Waals surface area contributed by atoms with E-state index in [0.29, 0.717) is 23.4 Å². The van der Waals surface area contributed by atoms with Crippen molar-refractivity contribution in [1.29, 1.82) is 0 Å². The number of rotatable bonds is 2. The second-order valence-corrected chi connectivity index (χ2v) is 2.90. The van der Waals surface area contributed by atoms with Crippen LogP contribution in [-0.2, 0) is 6.42 Å². The number of hydrogen-bond donors (Lipinski definition) is 0. The Bertz CT molecular complexity index is 426. The van der Waals surface area contributed by atoms with Crippen LogP contribution in [0.2, 0.25) is 0 Å². The summed E-state index contributed by atoms with van der Waals surface area (Å²) in [6.07, 6.45) is 1.90. The van der Waals surface area contributed by atoms with Crippen molar-refractivity contribution in [2.75, 3.05) is 0 Å². The van der Waals surface area contributed by atoms with Gasteiger partial charge < -0.3 is 4.42 Å². The average molecular weight is 192 g/mol. The Balaban J connectivity index is 2.43. The second-order valence-electron chi connectivity index (χ2n) is 2.90. The van der Waals surface area contributed by atoms with Crippen LogP contribution < -0.4 is 0 Å². The molecule has 3 nitrogen and oxygen atoms in total. The van der Waals surface area contributed by atoms with Crippen LogP contribution in [-0.4, -0.2) is 10.2 Å². The third-order valence-corrected chi connectivity index (χ3v) is 2.04. The van der Waals surface area contributed by atoms with Crippen LogP contribution in [0.3, 0.4) is 0 Å². The molecule has 0 aliphatic rings. The van der Waals surface area contributed by atoms with Crippen LogP contribution in [0, 0.1) is 5.82 Å². The number of benzene rings is 1. The molecule has 0 saturated heterocycles. The third-order valence-electron chi connectivity index (χ3n) is 2.04. The highest BCUT2D eigenvalue weighted by Gasteiger charge is 2.06. The number of nitrogens with zero attached hydrogens (tertiary/aromatic N) is 2. The summed E-state index contributed by atoms with van der Waals surface area (Å²) in [7, 11) is 0. The molecule has 4 heteroatoms. The topological polar surface area (TPSA) is 38.9 Å². The highest BCUT2D eigenvalue weighted by molar-refractivity contribution is 5.53. The molecule has 14 heavy (non-hydrogen) atoms. The van der Waals surface area contributed by atoms with Crippen molar-refractivity contribution in [2.24, 2.45) is 0 Å². The van der Waals surface area contributed by atoms with Gasteiger partial charge in [-0.3, -0.25) is 0 Å². The Morgan fingerprint density at radius 2 is 2.29 bits per heavy atom. The van der Waals surface area contributed by atoms with E-state index in [1.165, 1.54) is 12.5 Å². The highest BCUT2D eigenvalue weighted by Crippen LogP contribution is 2.19. The molecule has 2 aromatic rings. The zero-order valence-corrected chi connectivity index (χ0v) is 7.70. The molecule has 0 spiro atoms. The van der Waals surface area contributed by atoms with Crippen LogP contribution in [0.5, 0.6) is 0 Å². The fraction of sp³-hybridized carbons (Fsp3) is 0.200. The van der Waals surface area contributed by atoms with Crippen LogP contribution in [0.15, 0.2) is 29.0 Å². The van der Waals surface area contributed by atoms with E-state index in [2.05, 4.69) is 10.2 Å². The van der Waals surface area contributed by atoms with Crippen molar-refractivity contribution in [3.8, 4) is 11.5 Å². The molecular formula is C10H9FN2O. The smallest absolute Gasteiger partial charge is 0.247 e. The molecule has 0 atom stereocenters. The standard InChI is InChI=1S/C10H9FN2O/c1-2-7-3-4-8(5-9(7)11)10-13-12-6-14-10/h3-6H,2H2,1H3. The van der Waals surface area contributed by atoms with Gasteiger partial charge >= 0.3 is 0 Å². The maximum absolute atomic E-state index is 13.4. The minimum absolute atomic E-state index is 0.233. The lowest BCUT2D eigenvalue weighted by Gasteiger charge is -2.00. The van der Waals surface area contributed by atoms with Gasteiger partial charge in [-0.05, 0) is 24.1 Å². The van der Waals surface area contributed by atoms with Crippen LogP contribution >= 0.6 is 0 Å². The van der Waals surface area contributed by atoms with Gasteiger partial charge in [0.2, 0.25) is 12.3 Å². The van der Waals surface area contributed by atoms with E-state index in [4.69, 9.17) is 4.42 Å². The summed E-state index contributed by atoms with van der Waals surface area (Å²) in [5.41, 5.74) is 1.30. The molecule has 0 unspecified atom stereocenters. The maximum atomic E-state index is 13.4. The van der Waals surface area contributed by atoms with Gasteiger partial charge in [0, 0.05) is 5.56 Å². The number of aromatic nitrogens is 2. The van der Waals surface area contributed by atoms with E-state index in [9.17, 15) is 4.39 Å². The Hall–Kier alpha value is -1.71. The van der Waals surface area contributed by atoms with E-state index in [-0.39, 0.29) is 5.82 Å². The molecule has 1 aromatic carbocycles. The van der Waals surface area contributed by atoms with Gasteiger partial charge in [-0.1, -0.05) is 13.0 Å². The van der Waals surface area contributed by atoms with Crippen molar-refractivity contribution in [3.05, 3.63) is 36.0 Å². The minimum atomic E-state index is -0.233. The van der Waals surface area contributed by atoms with E-state index in [1.807, 2.05) is 6.92 Å². The zero-order chi connectivity index (χ0) is 9.97. The van der Waals surface area contributed by atoms with Gasteiger partial charge in [0.1, 0.15) is 5.82 Å². The molecule has 0 amide bonds. The summed E-state index contributed by atoms with van der Waals surface area (Å²) in [4.78, 5) is 0.